The molecule has 0 spiro atoms. The molecule has 1 rings (SSSR count). The number of piperazine rings is 1. The van der Waals surface area contributed by atoms with E-state index in [-0.39, 0.29) is 0 Å². The zero-order chi connectivity index (χ0) is 14.5. The van der Waals surface area contributed by atoms with E-state index >= 15 is 0 Å². The Morgan fingerprint density at radius 2 is 1.74 bits per heavy atom. The highest BCUT2D eigenvalue weighted by atomic mass is 19.4. The Hall–Kier alpha value is -0.330. The van der Waals surface area contributed by atoms with E-state index in [0.717, 1.165) is 12.8 Å². The zero-order valence-electron chi connectivity index (χ0n) is 11.9. The Morgan fingerprint density at radius 3 is 2.16 bits per heavy atom. The van der Waals surface area contributed by atoms with Gasteiger partial charge in [-0.05, 0) is 12.3 Å². The van der Waals surface area contributed by atoms with Crippen molar-refractivity contribution in [3.05, 3.63) is 0 Å². The Labute approximate surface area is 113 Å². The van der Waals surface area contributed by atoms with E-state index in [0.29, 0.717) is 44.7 Å². The maximum absolute atomic E-state index is 12.3. The van der Waals surface area contributed by atoms with E-state index in [2.05, 4.69) is 18.7 Å². The molecule has 0 aromatic heterocycles. The van der Waals surface area contributed by atoms with E-state index in [1.807, 2.05) is 0 Å². The smallest absolute Gasteiger partial charge is 0.329 e. The minimum absolute atomic E-state index is 0.299. The molecule has 2 atom stereocenters. The lowest BCUT2D eigenvalue weighted by molar-refractivity contribution is -0.150. The lowest BCUT2D eigenvalue weighted by Crippen LogP contribution is -2.55. The van der Waals surface area contributed by atoms with Gasteiger partial charge in [0.25, 0.3) is 0 Å². The molecular formula is C13H26F3N3. The van der Waals surface area contributed by atoms with Crippen molar-refractivity contribution in [1.82, 2.24) is 9.80 Å². The third kappa shape index (κ3) is 5.67. The van der Waals surface area contributed by atoms with Crippen LogP contribution in [0.15, 0.2) is 0 Å². The molecule has 1 aliphatic rings. The Bertz CT molecular complexity index is 250. The number of hydrogen-bond donors (Lipinski definition) is 1. The number of alkyl halides is 3. The van der Waals surface area contributed by atoms with Crippen LogP contribution >= 0.6 is 0 Å². The van der Waals surface area contributed by atoms with Crippen LogP contribution in [0.1, 0.15) is 26.7 Å². The van der Waals surface area contributed by atoms with Gasteiger partial charge in [0, 0.05) is 38.8 Å². The number of nitrogens with two attached hydrogens (primary N) is 1. The first-order valence-corrected chi connectivity index (χ1v) is 7.10. The average molecular weight is 281 g/mol. The Kier molecular flexibility index (Phi) is 6.56. The summed E-state index contributed by atoms with van der Waals surface area (Å²) in [4.78, 5) is 3.74. The van der Waals surface area contributed by atoms with Crippen LogP contribution < -0.4 is 5.73 Å². The van der Waals surface area contributed by atoms with Crippen molar-refractivity contribution >= 4 is 0 Å². The van der Waals surface area contributed by atoms with Gasteiger partial charge in [-0.1, -0.05) is 20.3 Å². The molecule has 1 fully saturated rings. The van der Waals surface area contributed by atoms with Crippen molar-refractivity contribution in [2.75, 3.05) is 39.3 Å². The maximum Gasteiger partial charge on any atom is 0.401 e. The summed E-state index contributed by atoms with van der Waals surface area (Å²) in [6, 6.07) is 0.299. The molecule has 1 saturated heterocycles. The molecule has 1 heterocycles. The number of hydrogen-bond acceptors (Lipinski definition) is 3. The van der Waals surface area contributed by atoms with Crippen LogP contribution in [0.5, 0.6) is 0 Å². The molecule has 0 saturated carbocycles. The summed E-state index contributed by atoms with van der Waals surface area (Å²) < 4.78 is 36.9. The highest BCUT2D eigenvalue weighted by Gasteiger charge is 2.33. The summed E-state index contributed by atoms with van der Waals surface area (Å²) in [5.74, 6) is 0.504. The maximum atomic E-state index is 12.3. The summed E-state index contributed by atoms with van der Waals surface area (Å²) in [5.41, 5.74) is 5.84. The second kappa shape index (κ2) is 7.45. The number of nitrogens with zero attached hydrogens (tertiary/aromatic N) is 2. The van der Waals surface area contributed by atoms with Crippen LogP contribution in [0.25, 0.3) is 0 Å². The van der Waals surface area contributed by atoms with Crippen molar-refractivity contribution in [2.24, 2.45) is 11.7 Å². The summed E-state index contributed by atoms with van der Waals surface area (Å²) in [6.07, 6.45) is -1.86. The zero-order valence-corrected chi connectivity index (χ0v) is 11.9. The minimum Gasteiger partial charge on any atom is -0.329 e. The van der Waals surface area contributed by atoms with E-state index in [1.165, 1.54) is 4.90 Å². The molecule has 6 heteroatoms. The summed E-state index contributed by atoms with van der Waals surface area (Å²) in [5, 5.41) is 0. The summed E-state index contributed by atoms with van der Waals surface area (Å²) in [6.45, 7) is 6.45. The first-order valence-electron chi connectivity index (χ1n) is 7.10. The van der Waals surface area contributed by atoms with Gasteiger partial charge in [-0.2, -0.15) is 13.2 Å². The Balaban J connectivity index is 2.43. The van der Waals surface area contributed by atoms with Gasteiger partial charge in [-0.3, -0.25) is 9.80 Å². The normalized spacial score (nSPS) is 22.4. The average Bonchev–Trinajstić information content (AvgIpc) is 2.30. The molecule has 0 aromatic rings. The SMILES string of the molecule is CCCC(C)C(CN)N1CCN(CC(F)(F)F)CC1. The first-order chi connectivity index (χ1) is 8.87. The number of halogens is 3. The lowest BCUT2D eigenvalue weighted by atomic mass is 9.95. The van der Waals surface area contributed by atoms with Crippen molar-refractivity contribution in [2.45, 2.75) is 38.9 Å². The van der Waals surface area contributed by atoms with Gasteiger partial charge in [0.15, 0.2) is 0 Å². The lowest BCUT2D eigenvalue weighted by Gasteiger charge is -2.41. The molecule has 0 aliphatic carbocycles. The van der Waals surface area contributed by atoms with E-state index < -0.39 is 12.7 Å². The molecule has 19 heavy (non-hydrogen) atoms. The third-order valence-corrected chi connectivity index (χ3v) is 3.92. The standard InChI is InChI=1S/C13H26F3N3/c1-3-4-11(2)12(9-17)19-7-5-18(6-8-19)10-13(14,15)16/h11-12H,3-10,17H2,1-2H3. The monoisotopic (exact) mass is 281 g/mol. The molecule has 114 valence electrons. The van der Waals surface area contributed by atoms with Crippen molar-refractivity contribution in [1.29, 1.82) is 0 Å². The second-order valence-corrected chi connectivity index (χ2v) is 5.50. The van der Waals surface area contributed by atoms with Crippen LogP contribution in [0, 0.1) is 5.92 Å². The first kappa shape index (κ1) is 16.7. The van der Waals surface area contributed by atoms with Gasteiger partial charge >= 0.3 is 6.18 Å². The van der Waals surface area contributed by atoms with Gasteiger partial charge in [0.2, 0.25) is 0 Å². The van der Waals surface area contributed by atoms with E-state index in [4.69, 9.17) is 5.73 Å². The molecule has 0 radical (unpaired) electrons. The highest BCUT2D eigenvalue weighted by Crippen LogP contribution is 2.20. The molecule has 1 aliphatic heterocycles. The molecular weight excluding hydrogens is 255 g/mol. The molecule has 2 unspecified atom stereocenters. The van der Waals surface area contributed by atoms with Gasteiger partial charge < -0.3 is 5.73 Å². The largest absolute Gasteiger partial charge is 0.401 e. The van der Waals surface area contributed by atoms with Crippen molar-refractivity contribution < 1.29 is 13.2 Å². The van der Waals surface area contributed by atoms with Gasteiger partial charge in [0.05, 0.1) is 6.54 Å². The van der Waals surface area contributed by atoms with Crippen molar-refractivity contribution in [3.8, 4) is 0 Å². The van der Waals surface area contributed by atoms with E-state index in [1.54, 1.807) is 0 Å². The third-order valence-electron chi connectivity index (χ3n) is 3.92. The molecule has 3 nitrogen and oxygen atoms in total. The van der Waals surface area contributed by atoms with Crippen LogP contribution in [0.2, 0.25) is 0 Å². The van der Waals surface area contributed by atoms with Gasteiger partial charge in [-0.15, -0.1) is 0 Å². The molecule has 0 aromatic carbocycles. The second-order valence-electron chi connectivity index (χ2n) is 5.50. The van der Waals surface area contributed by atoms with Gasteiger partial charge in [0.1, 0.15) is 0 Å². The fourth-order valence-electron chi connectivity index (χ4n) is 2.90. The minimum atomic E-state index is -4.09. The van der Waals surface area contributed by atoms with Crippen LogP contribution in [0.4, 0.5) is 13.2 Å². The van der Waals surface area contributed by atoms with Crippen LogP contribution in [-0.4, -0.2) is 61.3 Å². The predicted molar refractivity (Wildman–Crippen MR) is 71.0 cm³/mol. The number of rotatable bonds is 6. The molecule has 0 bridgehead atoms. The Morgan fingerprint density at radius 1 is 1.16 bits per heavy atom. The fourth-order valence-corrected chi connectivity index (χ4v) is 2.90. The fraction of sp³-hybridized carbons (Fsp3) is 1.00. The van der Waals surface area contributed by atoms with Crippen LogP contribution in [-0.2, 0) is 0 Å². The summed E-state index contributed by atoms with van der Waals surface area (Å²) >= 11 is 0. The van der Waals surface area contributed by atoms with Crippen LogP contribution in [0.3, 0.4) is 0 Å². The summed E-state index contributed by atoms with van der Waals surface area (Å²) in [7, 11) is 0. The molecule has 2 N–H and O–H groups in total. The van der Waals surface area contributed by atoms with E-state index in [9.17, 15) is 13.2 Å². The van der Waals surface area contributed by atoms with Crippen molar-refractivity contribution in [3.63, 3.8) is 0 Å². The topological polar surface area (TPSA) is 32.5 Å². The quantitative estimate of drug-likeness (QED) is 0.807. The highest BCUT2D eigenvalue weighted by molar-refractivity contribution is 4.83. The predicted octanol–water partition coefficient (Wildman–Crippen LogP) is 1.93. The molecule has 0 amide bonds. The van der Waals surface area contributed by atoms with Gasteiger partial charge in [-0.25, -0.2) is 0 Å².